The van der Waals surface area contributed by atoms with Gasteiger partial charge in [-0.1, -0.05) is 0 Å². The molecular weight excluding hydrogens is 385 g/mol. The fourth-order valence-corrected chi connectivity index (χ4v) is 3.28. The number of hydrogen-bond acceptors (Lipinski definition) is 6. The third kappa shape index (κ3) is 4.78. The van der Waals surface area contributed by atoms with Gasteiger partial charge in [0.05, 0.1) is 16.8 Å². The van der Waals surface area contributed by atoms with Crippen LogP contribution in [-0.4, -0.2) is 76.9 Å². The quantitative estimate of drug-likeness (QED) is 0.686. The minimum atomic E-state index is -0.570. The minimum absolute atomic E-state index is 0.121. The number of amides is 2. The highest BCUT2D eigenvalue weighted by molar-refractivity contribution is 6.62. The Morgan fingerprint density at radius 3 is 2.07 bits per heavy atom. The minimum Gasteiger partial charge on any atom is -0.444 e. The van der Waals surface area contributed by atoms with Crippen molar-refractivity contribution < 1.29 is 23.6 Å². The highest BCUT2D eigenvalue weighted by atomic mass is 16.7. The lowest BCUT2D eigenvalue weighted by molar-refractivity contribution is 0.00578. The maximum atomic E-state index is 13.0. The Bertz CT molecular complexity index is 797. The van der Waals surface area contributed by atoms with Gasteiger partial charge in [-0.05, 0) is 54.5 Å². The summed E-state index contributed by atoms with van der Waals surface area (Å²) in [4.78, 5) is 32.8. The van der Waals surface area contributed by atoms with Gasteiger partial charge >= 0.3 is 13.2 Å². The molecule has 9 heteroatoms. The molecule has 0 aliphatic carbocycles. The molecule has 0 bridgehead atoms. The summed E-state index contributed by atoms with van der Waals surface area (Å²) in [6.07, 6.45) is 2.87. The van der Waals surface area contributed by atoms with Crippen molar-refractivity contribution in [2.75, 3.05) is 26.2 Å². The van der Waals surface area contributed by atoms with Gasteiger partial charge in [0.15, 0.2) is 0 Å². The van der Waals surface area contributed by atoms with E-state index in [1.165, 1.54) is 0 Å². The number of hydrogen-bond donors (Lipinski definition) is 0. The second kappa shape index (κ2) is 7.85. The van der Waals surface area contributed by atoms with E-state index in [0.29, 0.717) is 37.2 Å². The lowest BCUT2D eigenvalue weighted by atomic mass is 9.79. The number of carbonyl (C=O) groups excluding carboxylic acids is 2. The van der Waals surface area contributed by atoms with Crippen LogP contribution < -0.4 is 5.46 Å². The number of piperazine rings is 1. The maximum Gasteiger partial charge on any atom is 0.496 e. The molecule has 164 valence electrons. The molecule has 0 spiro atoms. The van der Waals surface area contributed by atoms with Crippen LogP contribution in [0.1, 0.15) is 58.8 Å². The van der Waals surface area contributed by atoms with Crippen molar-refractivity contribution in [1.29, 1.82) is 0 Å². The van der Waals surface area contributed by atoms with Gasteiger partial charge in [-0.3, -0.25) is 9.78 Å². The fourth-order valence-electron chi connectivity index (χ4n) is 3.28. The van der Waals surface area contributed by atoms with Gasteiger partial charge in [0, 0.05) is 44.0 Å². The van der Waals surface area contributed by atoms with Crippen molar-refractivity contribution >= 4 is 24.6 Å². The van der Waals surface area contributed by atoms with Gasteiger partial charge in [-0.25, -0.2) is 4.79 Å². The zero-order valence-electron chi connectivity index (χ0n) is 19.0. The summed E-state index contributed by atoms with van der Waals surface area (Å²) < 4.78 is 17.5. The molecule has 0 radical (unpaired) electrons. The number of nitrogens with zero attached hydrogens (tertiary/aromatic N) is 3. The SMILES string of the molecule is CC(C)(C)OC(=O)N1CCN(C(=O)c2cncc(B3OC(C)(C)C(C)(C)O3)c2)CC1. The Morgan fingerprint density at radius 2 is 1.53 bits per heavy atom. The van der Waals surface area contributed by atoms with Crippen LogP contribution in [0.5, 0.6) is 0 Å². The van der Waals surface area contributed by atoms with E-state index < -0.39 is 23.9 Å². The molecule has 2 saturated heterocycles. The van der Waals surface area contributed by atoms with Gasteiger partial charge < -0.3 is 23.8 Å². The first-order chi connectivity index (χ1) is 13.8. The van der Waals surface area contributed by atoms with Gasteiger partial charge in [-0.15, -0.1) is 0 Å². The van der Waals surface area contributed by atoms with Gasteiger partial charge in [0.1, 0.15) is 5.60 Å². The molecule has 8 nitrogen and oxygen atoms in total. The van der Waals surface area contributed by atoms with E-state index in [9.17, 15) is 9.59 Å². The topological polar surface area (TPSA) is 81.2 Å². The second-order valence-electron chi connectivity index (χ2n) is 9.85. The van der Waals surface area contributed by atoms with E-state index in [0.717, 1.165) is 0 Å². The van der Waals surface area contributed by atoms with Crippen LogP contribution in [0.4, 0.5) is 4.79 Å². The van der Waals surface area contributed by atoms with Crippen molar-refractivity contribution in [3.63, 3.8) is 0 Å². The second-order valence-corrected chi connectivity index (χ2v) is 9.85. The van der Waals surface area contributed by atoms with E-state index in [2.05, 4.69) is 4.98 Å². The van der Waals surface area contributed by atoms with Crippen LogP contribution in [0, 0.1) is 0 Å². The number of aromatic nitrogens is 1. The maximum absolute atomic E-state index is 13.0. The molecule has 0 atom stereocenters. The molecule has 0 aromatic carbocycles. The van der Waals surface area contributed by atoms with Crippen molar-refractivity contribution in [3.05, 3.63) is 24.0 Å². The molecule has 1 aromatic heterocycles. The van der Waals surface area contributed by atoms with Crippen LogP contribution in [0.15, 0.2) is 18.5 Å². The van der Waals surface area contributed by atoms with Crippen LogP contribution in [0.3, 0.4) is 0 Å². The van der Waals surface area contributed by atoms with Crippen molar-refractivity contribution in [1.82, 2.24) is 14.8 Å². The van der Waals surface area contributed by atoms with Crippen LogP contribution in [0.2, 0.25) is 0 Å². The smallest absolute Gasteiger partial charge is 0.444 e. The summed E-state index contributed by atoms with van der Waals surface area (Å²) in [5.41, 5.74) is -0.269. The van der Waals surface area contributed by atoms with Crippen molar-refractivity contribution in [2.45, 2.75) is 65.3 Å². The Kier molecular flexibility index (Phi) is 5.90. The van der Waals surface area contributed by atoms with E-state index in [-0.39, 0.29) is 12.0 Å². The number of carbonyl (C=O) groups is 2. The molecule has 2 aliphatic rings. The third-order valence-corrected chi connectivity index (χ3v) is 5.75. The van der Waals surface area contributed by atoms with Crippen LogP contribution >= 0.6 is 0 Å². The molecule has 1 aromatic rings. The number of pyridine rings is 1. The van der Waals surface area contributed by atoms with E-state index in [4.69, 9.17) is 14.0 Å². The molecule has 3 heterocycles. The molecule has 2 amide bonds. The predicted octanol–water partition coefficient (Wildman–Crippen LogP) is 2.07. The molecule has 2 aliphatic heterocycles. The summed E-state index contributed by atoms with van der Waals surface area (Å²) in [5.74, 6) is -0.121. The normalized spacial score (nSPS) is 21.0. The summed E-state index contributed by atoms with van der Waals surface area (Å²) in [6.45, 7) is 15.2. The number of ether oxygens (including phenoxy) is 1. The van der Waals surface area contributed by atoms with Crippen molar-refractivity contribution in [2.24, 2.45) is 0 Å². The molecule has 0 N–H and O–H groups in total. The fraction of sp³-hybridized carbons (Fsp3) is 0.667. The van der Waals surface area contributed by atoms with E-state index in [1.807, 2.05) is 48.5 Å². The Balaban J connectivity index is 1.64. The molecule has 0 unspecified atom stereocenters. The Morgan fingerprint density at radius 1 is 1.00 bits per heavy atom. The summed E-state index contributed by atoms with van der Waals surface area (Å²) >= 11 is 0. The molecular formula is C21H32BN3O5. The Hall–Kier alpha value is -2.13. The standard InChI is InChI=1S/C21H32BN3O5/c1-19(2,3)28-18(27)25-10-8-24(9-11-25)17(26)15-12-16(14-23-13-15)22-29-20(4,5)21(6,7)30-22/h12-14H,8-11H2,1-7H3. The largest absolute Gasteiger partial charge is 0.496 e. The average Bonchev–Trinajstić information content (AvgIpc) is 2.87. The van der Waals surface area contributed by atoms with Crippen molar-refractivity contribution in [3.8, 4) is 0 Å². The molecule has 2 fully saturated rings. The highest BCUT2D eigenvalue weighted by Crippen LogP contribution is 2.36. The molecule has 3 rings (SSSR count). The van der Waals surface area contributed by atoms with Crippen LogP contribution in [-0.2, 0) is 14.0 Å². The zero-order chi connectivity index (χ0) is 22.3. The summed E-state index contributed by atoms with van der Waals surface area (Å²) in [7, 11) is -0.570. The first-order valence-corrected chi connectivity index (χ1v) is 10.4. The van der Waals surface area contributed by atoms with Gasteiger partial charge in [0.2, 0.25) is 0 Å². The van der Waals surface area contributed by atoms with Gasteiger partial charge in [-0.2, -0.15) is 0 Å². The summed E-state index contributed by atoms with van der Waals surface area (Å²) in [6, 6.07) is 1.78. The third-order valence-electron chi connectivity index (χ3n) is 5.75. The molecule has 30 heavy (non-hydrogen) atoms. The van der Waals surface area contributed by atoms with Gasteiger partial charge in [0.25, 0.3) is 5.91 Å². The van der Waals surface area contributed by atoms with Crippen LogP contribution in [0.25, 0.3) is 0 Å². The lowest BCUT2D eigenvalue weighted by Gasteiger charge is -2.35. The number of rotatable bonds is 2. The monoisotopic (exact) mass is 417 g/mol. The lowest BCUT2D eigenvalue weighted by Crippen LogP contribution is -2.51. The van der Waals surface area contributed by atoms with E-state index in [1.54, 1.807) is 28.3 Å². The predicted molar refractivity (Wildman–Crippen MR) is 114 cm³/mol. The molecule has 0 saturated carbocycles. The summed E-state index contributed by atoms with van der Waals surface area (Å²) in [5, 5.41) is 0. The zero-order valence-corrected chi connectivity index (χ0v) is 19.0. The first-order valence-electron chi connectivity index (χ1n) is 10.4. The van der Waals surface area contributed by atoms with E-state index >= 15 is 0 Å². The Labute approximate surface area is 179 Å². The highest BCUT2D eigenvalue weighted by Gasteiger charge is 2.52. The average molecular weight is 417 g/mol. The first kappa shape index (κ1) is 22.6.